The molecule has 0 aliphatic rings. The molecule has 2 nitrogen and oxygen atoms in total. The predicted molar refractivity (Wildman–Crippen MR) is 115 cm³/mol. The van der Waals surface area contributed by atoms with Gasteiger partial charge in [0.2, 0.25) is 0 Å². The molecule has 0 spiro atoms. The van der Waals surface area contributed by atoms with Crippen LogP contribution >= 0.6 is 0 Å². The van der Waals surface area contributed by atoms with E-state index in [1.165, 1.54) is 11.1 Å². The Hall–Kier alpha value is -3.36. The van der Waals surface area contributed by atoms with Crippen molar-refractivity contribution in [2.24, 2.45) is 0 Å². The Morgan fingerprint density at radius 2 is 0.929 bits per heavy atom. The minimum atomic E-state index is 0.704. The van der Waals surface area contributed by atoms with Gasteiger partial charge in [-0.05, 0) is 73.9 Å². The molecule has 0 aliphatic carbocycles. The summed E-state index contributed by atoms with van der Waals surface area (Å²) in [6.07, 6.45) is 2.06. The molecule has 0 radical (unpaired) electrons. The van der Waals surface area contributed by atoms with Gasteiger partial charge in [-0.3, -0.25) is 0 Å². The number of hydrogen-bond acceptors (Lipinski definition) is 2. The molecule has 3 aromatic rings. The van der Waals surface area contributed by atoms with Crippen molar-refractivity contribution in [3.8, 4) is 23.7 Å². The third-order valence-corrected chi connectivity index (χ3v) is 4.62. The van der Waals surface area contributed by atoms with Crippen LogP contribution in [0.25, 0.3) is 0 Å². The molecule has 0 bridgehead atoms. The van der Waals surface area contributed by atoms with Crippen molar-refractivity contribution in [2.45, 2.75) is 40.5 Å². The highest BCUT2D eigenvalue weighted by Gasteiger charge is 2.04. The van der Waals surface area contributed by atoms with Crippen LogP contribution in [0.3, 0.4) is 0 Å². The van der Waals surface area contributed by atoms with Crippen molar-refractivity contribution in [3.63, 3.8) is 0 Å². The molecule has 3 rings (SSSR count). The molecule has 0 unspecified atom stereocenters. The van der Waals surface area contributed by atoms with E-state index in [2.05, 4.69) is 71.8 Å². The van der Waals surface area contributed by atoms with Gasteiger partial charge < -0.3 is 0 Å². The van der Waals surface area contributed by atoms with E-state index in [-0.39, 0.29) is 0 Å². The van der Waals surface area contributed by atoms with Crippen LogP contribution in [-0.4, -0.2) is 9.97 Å². The molecule has 0 amide bonds. The van der Waals surface area contributed by atoms with Crippen molar-refractivity contribution >= 4 is 0 Å². The van der Waals surface area contributed by atoms with Crippen LogP contribution in [0, 0.1) is 37.5 Å². The fourth-order valence-electron chi connectivity index (χ4n) is 2.75. The lowest BCUT2D eigenvalue weighted by Gasteiger charge is -2.02. The first-order valence-electron chi connectivity index (χ1n) is 9.66. The summed E-state index contributed by atoms with van der Waals surface area (Å²) >= 11 is 0. The highest BCUT2D eigenvalue weighted by molar-refractivity contribution is 5.46. The van der Waals surface area contributed by atoms with Crippen LogP contribution < -0.4 is 0 Å². The second-order valence-electron chi connectivity index (χ2n) is 6.69. The third kappa shape index (κ3) is 4.87. The van der Waals surface area contributed by atoms with Gasteiger partial charge in [-0.15, -0.1) is 0 Å². The average Bonchev–Trinajstić information content (AvgIpc) is 2.73. The van der Waals surface area contributed by atoms with Gasteiger partial charge in [-0.25, -0.2) is 9.97 Å². The summed E-state index contributed by atoms with van der Waals surface area (Å²) in [5.41, 5.74) is 7.59. The topological polar surface area (TPSA) is 25.8 Å². The lowest BCUT2D eigenvalue weighted by Crippen LogP contribution is -2.00. The molecule has 0 aliphatic heterocycles. The number of nitrogens with zero attached hydrogens (tertiary/aromatic N) is 2. The first-order chi connectivity index (χ1) is 13.6. The van der Waals surface area contributed by atoms with Crippen LogP contribution in [-0.2, 0) is 12.8 Å². The van der Waals surface area contributed by atoms with Gasteiger partial charge in [0.15, 0.2) is 0 Å². The van der Waals surface area contributed by atoms with Crippen LogP contribution in [0.2, 0.25) is 0 Å². The molecule has 1 aromatic heterocycles. The second-order valence-corrected chi connectivity index (χ2v) is 6.69. The molecule has 2 aromatic carbocycles. The second kappa shape index (κ2) is 9.03. The zero-order chi connectivity index (χ0) is 19.9. The highest BCUT2D eigenvalue weighted by atomic mass is 14.8. The summed E-state index contributed by atoms with van der Waals surface area (Å²) in [5, 5.41) is 0. The molecule has 0 N–H and O–H groups in total. The Morgan fingerprint density at radius 1 is 0.571 bits per heavy atom. The summed E-state index contributed by atoms with van der Waals surface area (Å²) in [6.45, 7) is 8.15. The van der Waals surface area contributed by atoms with Crippen molar-refractivity contribution in [1.82, 2.24) is 9.97 Å². The number of benzene rings is 2. The highest BCUT2D eigenvalue weighted by Crippen LogP contribution is 2.09. The van der Waals surface area contributed by atoms with Gasteiger partial charge in [-0.1, -0.05) is 50.0 Å². The minimum absolute atomic E-state index is 0.704. The van der Waals surface area contributed by atoms with Crippen molar-refractivity contribution in [3.05, 3.63) is 93.6 Å². The van der Waals surface area contributed by atoms with Gasteiger partial charge in [0.1, 0.15) is 11.4 Å². The maximum Gasteiger partial charge on any atom is 0.135 e. The summed E-state index contributed by atoms with van der Waals surface area (Å²) in [4.78, 5) is 9.25. The number of aryl methyl sites for hydroxylation is 4. The Labute approximate surface area is 168 Å². The summed E-state index contributed by atoms with van der Waals surface area (Å²) in [7, 11) is 0. The zero-order valence-electron chi connectivity index (χ0n) is 16.9. The first kappa shape index (κ1) is 19.4. The third-order valence-electron chi connectivity index (χ3n) is 4.62. The van der Waals surface area contributed by atoms with E-state index < -0.39 is 0 Å². The van der Waals surface area contributed by atoms with Crippen LogP contribution in [0.5, 0.6) is 0 Å². The van der Waals surface area contributed by atoms with E-state index in [0.717, 1.165) is 35.4 Å². The average molecular weight is 364 g/mol. The van der Waals surface area contributed by atoms with Crippen LogP contribution in [0.4, 0.5) is 0 Å². The van der Waals surface area contributed by atoms with Crippen molar-refractivity contribution in [1.29, 1.82) is 0 Å². The summed E-state index contributed by atoms with van der Waals surface area (Å²) in [5.74, 6) is 12.7. The van der Waals surface area contributed by atoms with E-state index in [9.17, 15) is 0 Å². The minimum Gasteiger partial charge on any atom is -0.240 e. The molecule has 0 saturated heterocycles. The van der Waals surface area contributed by atoms with E-state index >= 15 is 0 Å². The fourth-order valence-corrected chi connectivity index (χ4v) is 2.75. The molecule has 28 heavy (non-hydrogen) atoms. The van der Waals surface area contributed by atoms with Crippen molar-refractivity contribution < 1.29 is 0 Å². The van der Waals surface area contributed by atoms with Gasteiger partial charge in [0.05, 0.1) is 11.4 Å². The smallest absolute Gasteiger partial charge is 0.135 e. The van der Waals surface area contributed by atoms with E-state index in [1.54, 1.807) is 0 Å². The molecule has 0 atom stereocenters. The quantitative estimate of drug-likeness (QED) is 0.597. The van der Waals surface area contributed by atoms with Gasteiger partial charge >= 0.3 is 0 Å². The Morgan fingerprint density at radius 3 is 1.25 bits per heavy atom. The van der Waals surface area contributed by atoms with Gasteiger partial charge in [0.25, 0.3) is 0 Å². The first-order valence-corrected chi connectivity index (χ1v) is 9.66. The largest absolute Gasteiger partial charge is 0.240 e. The SMILES string of the molecule is CCc1ccc(C#Cc2nc(C)c(C#Cc3ccc(CC)cc3)nc2C)cc1. The van der Waals surface area contributed by atoms with Crippen LogP contribution in [0.1, 0.15) is 58.9 Å². The van der Waals surface area contributed by atoms with Gasteiger partial charge in [0, 0.05) is 11.1 Å². The van der Waals surface area contributed by atoms with E-state index in [1.807, 2.05) is 38.1 Å². The van der Waals surface area contributed by atoms with Gasteiger partial charge in [-0.2, -0.15) is 0 Å². The molecule has 1 heterocycles. The molecule has 0 fully saturated rings. The summed E-state index contributed by atoms with van der Waals surface area (Å²) in [6, 6.07) is 16.6. The molecule has 0 saturated carbocycles. The number of rotatable bonds is 2. The van der Waals surface area contributed by atoms with Crippen LogP contribution in [0.15, 0.2) is 48.5 Å². The maximum absolute atomic E-state index is 4.62. The monoisotopic (exact) mass is 364 g/mol. The number of aromatic nitrogens is 2. The van der Waals surface area contributed by atoms with E-state index in [0.29, 0.717) is 11.4 Å². The predicted octanol–water partition coefficient (Wildman–Crippen LogP) is 5.02. The molecular weight excluding hydrogens is 340 g/mol. The van der Waals surface area contributed by atoms with Crippen molar-refractivity contribution in [2.75, 3.05) is 0 Å². The standard InChI is InChI=1S/C26H24N2/c1-5-21-7-11-23(12-8-21)15-17-25-19(3)28-26(20(4)27-25)18-16-24-13-9-22(6-2)10-14-24/h7-14H,5-6H2,1-4H3. The van der Waals surface area contributed by atoms with E-state index in [4.69, 9.17) is 0 Å². The lowest BCUT2D eigenvalue weighted by molar-refractivity contribution is 1.02. The molecule has 2 heteroatoms. The molecular formula is C26H24N2. The molecule has 138 valence electrons. The normalized spacial score (nSPS) is 9.86. The lowest BCUT2D eigenvalue weighted by atomic mass is 10.1. The Bertz CT molecular complexity index is 993. The summed E-state index contributed by atoms with van der Waals surface area (Å²) < 4.78 is 0. The number of hydrogen-bond donors (Lipinski definition) is 0. The maximum atomic E-state index is 4.62. The Kier molecular flexibility index (Phi) is 6.25. The Balaban J connectivity index is 1.83. The fraction of sp³-hybridized carbons (Fsp3) is 0.231. The zero-order valence-corrected chi connectivity index (χ0v) is 16.9.